The number of carbonyl (C=O) groups excluding carboxylic acids is 1. The Morgan fingerprint density at radius 1 is 1.29 bits per heavy atom. The second-order valence-electron chi connectivity index (χ2n) is 8.92. The predicted octanol–water partition coefficient (Wildman–Crippen LogP) is 2.43. The highest BCUT2D eigenvalue weighted by atomic mass is 16.5. The van der Waals surface area contributed by atoms with Crippen LogP contribution in [0.3, 0.4) is 0 Å². The van der Waals surface area contributed by atoms with Crippen molar-refractivity contribution in [2.75, 3.05) is 40.4 Å². The summed E-state index contributed by atoms with van der Waals surface area (Å²) in [4.78, 5) is 21.2. The number of nitrogens with zero attached hydrogens (tertiary/aromatic N) is 2. The number of hydrogen-bond acceptors (Lipinski definition) is 4. The number of likely N-dealkylation sites (tertiary alicyclic amines) is 1. The molecule has 6 nitrogen and oxygen atoms in total. The summed E-state index contributed by atoms with van der Waals surface area (Å²) in [5.41, 5.74) is 3.26. The number of hydrogen-bond donors (Lipinski definition) is 2. The Morgan fingerprint density at radius 3 is 2.68 bits per heavy atom. The van der Waals surface area contributed by atoms with Crippen LogP contribution in [0.25, 0.3) is 10.9 Å². The van der Waals surface area contributed by atoms with Gasteiger partial charge in [0.2, 0.25) is 5.91 Å². The quantitative estimate of drug-likeness (QED) is 0.854. The van der Waals surface area contributed by atoms with Crippen molar-refractivity contribution in [2.45, 2.75) is 37.1 Å². The molecule has 3 aliphatic rings. The highest BCUT2D eigenvalue weighted by molar-refractivity contribution is 5.89. The van der Waals surface area contributed by atoms with E-state index in [2.05, 4.69) is 23.0 Å². The van der Waals surface area contributed by atoms with E-state index in [-0.39, 0.29) is 29.9 Å². The highest BCUT2D eigenvalue weighted by Gasteiger charge is 2.53. The molecule has 28 heavy (non-hydrogen) atoms. The van der Waals surface area contributed by atoms with Crippen LogP contribution in [-0.2, 0) is 10.2 Å². The zero-order valence-electron chi connectivity index (χ0n) is 16.7. The minimum atomic E-state index is -0.293. The summed E-state index contributed by atoms with van der Waals surface area (Å²) in [5, 5.41) is 11.5. The lowest BCUT2D eigenvalue weighted by molar-refractivity contribution is -0.143. The van der Waals surface area contributed by atoms with Gasteiger partial charge in [-0.1, -0.05) is 12.8 Å². The fourth-order valence-electron chi connectivity index (χ4n) is 5.89. The van der Waals surface area contributed by atoms with Crippen molar-refractivity contribution < 1.29 is 14.6 Å². The van der Waals surface area contributed by atoms with Gasteiger partial charge in [0.25, 0.3) is 0 Å². The van der Waals surface area contributed by atoms with Gasteiger partial charge in [0.1, 0.15) is 5.75 Å². The molecule has 2 aliphatic heterocycles. The number of aliphatic hydroxyl groups excluding tert-OH is 1. The smallest absolute Gasteiger partial charge is 0.226 e. The fourth-order valence-corrected chi connectivity index (χ4v) is 5.89. The van der Waals surface area contributed by atoms with Crippen LogP contribution < -0.4 is 4.74 Å². The number of ether oxygens (including phenoxy) is 1. The van der Waals surface area contributed by atoms with Gasteiger partial charge in [0.05, 0.1) is 19.8 Å². The van der Waals surface area contributed by atoms with Gasteiger partial charge in [-0.25, -0.2) is 0 Å². The summed E-state index contributed by atoms with van der Waals surface area (Å²) < 4.78 is 5.40. The number of amides is 1. The molecule has 1 saturated carbocycles. The summed E-state index contributed by atoms with van der Waals surface area (Å²) in [6, 6.07) is 5.84. The second kappa shape index (κ2) is 6.49. The molecule has 2 N–H and O–H groups in total. The predicted molar refractivity (Wildman–Crippen MR) is 108 cm³/mol. The second-order valence-corrected chi connectivity index (χ2v) is 8.92. The van der Waals surface area contributed by atoms with Gasteiger partial charge in [-0.3, -0.25) is 4.79 Å². The SMILES string of the molecule is COc1ccc2c3c([nH]c2c1)[C@@H](CO)N(C(=O)C1CCCC1)CC31CN(C)C1. The number of rotatable bonds is 3. The molecule has 5 rings (SSSR count). The molecule has 0 unspecified atom stereocenters. The minimum absolute atomic E-state index is 0.0542. The Bertz CT molecular complexity index is 909. The molecule has 1 saturated heterocycles. The van der Waals surface area contributed by atoms with Gasteiger partial charge in [-0.2, -0.15) is 0 Å². The van der Waals surface area contributed by atoms with Crippen molar-refractivity contribution in [3.63, 3.8) is 0 Å². The Kier molecular flexibility index (Phi) is 4.18. The zero-order valence-corrected chi connectivity index (χ0v) is 16.7. The van der Waals surface area contributed by atoms with Gasteiger partial charge in [-0.05, 0) is 37.6 Å². The van der Waals surface area contributed by atoms with E-state index >= 15 is 0 Å². The number of nitrogens with one attached hydrogen (secondary N) is 1. The molecule has 6 heteroatoms. The number of likely N-dealkylation sites (N-methyl/N-ethyl adjacent to an activating group) is 1. The van der Waals surface area contributed by atoms with Crippen LogP contribution in [0.15, 0.2) is 18.2 Å². The maximum atomic E-state index is 13.4. The van der Waals surface area contributed by atoms with Crippen molar-refractivity contribution in [3.05, 3.63) is 29.5 Å². The van der Waals surface area contributed by atoms with Crippen LogP contribution in [-0.4, -0.2) is 66.2 Å². The maximum absolute atomic E-state index is 13.4. The lowest BCUT2D eigenvalue weighted by Gasteiger charge is -2.55. The molecular formula is C22H29N3O3. The van der Waals surface area contributed by atoms with Crippen LogP contribution in [0, 0.1) is 5.92 Å². The first-order valence-electron chi connectivity index (χ1n) is 10.4. The molecule has 3 heterocycles. The van der Waals surface area contributed by atoms with E-state index in [1.54, 1.807) is 7.11 Å². The monoisotopic (exact) mass is 383 g/mol. The minimum Gasteiger partial charge on any atom is -0.497 e. The molecule has 0 bridgehead atoms. The number of fused-ring (bicyclic) bond motifs is 4. The van der Waals surface area contributed by atoms with Gasteiger partial charge in [0, 0.05) is 53.6 Å². The van der Waals surface area contributed by atoms with Crippen molar-refractivity contribution in [3.8, 4) is 5.75 Å². The third kappa shape index (κ3) is 2.51. The summed E-state index contributed by atoms with van der Waals surface area (Å²) in [6.45, 7) is 2.52. The molecule has 1 aromatic heterocycles. The van der Waals surface area contributed by atoms with Crippen LogP contribution in [0.2, 0.25) is 0 Å². The van der Waals surface area contributed by atoms with Crippen molar-refractivity contribution in [2.24, 2.45) is 5.92 Å². The van der Waals surface area contributed by atoms with E-state index < -0.39 is 0 Å². The third-order valence-electron chi connectivity index (χ3n) is 7.05. The lowest BCUT2D eigenvalue weighted by atomic mass is 9.69. The normalized spacial score (nSPS) is 24.5. The van der Waals surface area contributed by atoms with Crippen molar-refractivity contribution in [1.29, 1.82) is 0 Å². The number of H-pyrrole nitrogens is 1. The zero-order chi connectivity index (χ0) is 19.5. The molecule has 1 spiro atoms. The van der Waals surface area contributed by atoms with Gasteiger partial charge in [0.15, 0.2) is 0 Å². The van der Waals surface area contributed by atoms with Gasteiger partial charge >= 0.3 is 0 Å². The first-order valence-corrected chi connectivity index (χ1v) is 10.4. The Labute approximate surface area is 165 Å². The molecule has 150 valence electrons. The van der Waals surface area contributed by atoms with Crippen molar-refractivity contribution in [1.82, 2.24) is 14.8 Å². The van der Waals surface area contributed by atoms with Crippen LogP contribution in [0.4, 0.5) is 0 Å². The first kappa shape index (κ1) is 18.0. The molecule has 1 atom stereocenters. The Morgan fingerprint density at radius 2 is 2.04 bits per heavy atom. The number of methoxy groups -OCH3 is 1. The molecule has 2 fully saturated rings. The number of aromatic nitrogens is 1. The summed E-state index contributed by atoms with van der Waals surface area (Å²) in [7, 11) is 3.80. The molecule has 1 aliphatic carbocycles. The average molecular weight is 383 g/mol. The number of aromatic amines is 1. The topological polar surface area (TPSA) is 68.8 Å². The number of aliphatic hydroxyl groups is 1. The van der Waals surface area contributed by atoms with E-state index in [0.29, 0.717) is 6.54 Å². The third-order valence-corrected chi connectivity index (χ3v) is 7.05. The van der Waals surface area contributed by atoms with E-state index in [1.165, 1.54) is 10.9 Å². The van der Waals surface area contributed by atoms with Crippen molar-refractivity contribution >= 4 is 16.8 Å². The molecule has 0 radical (unpaired) electrons. The highest BCUT2D eigenvalue weighted by Crippen LogP contribution is 2.48. The summed E-state index contributed by atoms with van der Waals surface area (Å²) in [6.07, 6.45) is 4.24. The Hall–Kier alpha value is -2.05. The maximum Gasteiger partial charge on any atom is 0.226 e. The standard InChI is InChI=1S/C22H29N3O3/c1-24-11-22(12-24)13-25(21(27)14-5-3-4-6-14)18(10-26)20-19(22)16-8-7-15(28-2)9-17(16)23-20/h7-9,14,18,23,26H,3-6,10-13H2,1-2H3/t18-/m1/s1. The largest absolute Gasteiger partial charge is 0.497 e. The van der Waals surface area contributed by atoms with Crippen LogP contribution in [0.1, 0.15) is 43.0 Å². The van der Waals surface area contributed by atoms with E-state index in [1.807, 2.05) is 17.0 Å². The summed E-state index contributed by atoms with van der Waals surface area (Å²) in [5.74, 6) is 1.16. The number of benzene rings is 1. The van der Waals surface area contributed by atoms with E-state index in [4.69, 9.17) is 4.74 Å². The van der Waals surface area contributed by atoms with Crippen LogP contribution in [0.5, 0.6) is 5.75 Å². The van der Waals surface area contributed by atoms with Gasteiger partial charge < -0.3 is 24.6 Å². The average Bonchev–Trinajstić information content (AvgIpc) is 3.33. The molecular weight excluding hydrogens is 354 g/mol. The van der Waals surface area contributed by atoms with Crippen LogP contribution >= 0.6 is 0 Å². The molecule has 2 aromatic rings. The van der Waals surface area contributed by atoms with E-state index in [9.17, 15) is 9.90 Å². The molecule has 1 amide bonds. The Balaban J connectivity index is 1.64. The molecule has 1 aromatic carbocycles. The first-order chi connectivity index (χ1) is 13.6. The number of carbonyl (C=O) groups is 1. The van der Waals surface area contributed by atoms with E-state index in [0.717, 1.165) is 55.7 Å². The van der Waals surface area contributed by atoms with Gasteiger partial charge in [-0.15, -0.1) is 0 Å². The lowest BCUT2D eigenvalue weighted by Crippen LogP contribution is -2.66. The fraction of sp³-hybridized carbons (Fsp3) is 0.591. The summed E-state index contributed by atoms with van der Waals surface area (Å²) >= 11 is 0.